The molecule has 0 saturated heterocycles. The Morgan fingerprint density at radius 1 is 0.750 bits per heavy atom. The Labute approximate surface area is 139 Å². The van der Waals surface area contributed by atoms with Crippen LogP contribution >= 0.6 is 0 Å². The largest absolute Gasteiger partial charge is 0.459 e. The minimum Gasteiger partial charge on any atom is -0.459 e. The topological polar surface area (TPSA) is 71.3 Å². The number of carbonyl (C=O) groups is 2. The fraction of sp³-hybridized carbons (Fsp3) is 0.0526. The Kier molecular flexibility index (Phi) is 4.72. The van der Waals surface area contributed by atoms with Crippen LogP contribution in [0.4, 0.5) is 0 Å². The van der Waals surface area contributed by atoms with Gasteiger partial charge in [0.05, 0.1) is 12.2 Å². The van der Waals surface area contributed by atoms with Crippen LogP contribution in [0.15, 0.2) is 83.5 Å². The molecule has 5 heteroatoms. The summed E-state index contributed by atoms with van der Waals surface area (Å²) >= 11 is 0. The highest BCUT2D eigenvalue weighted by atomic mass is 16.3. The lowest BCUT2D eigenvalue weighted by Crippen LogP contribution is -2.44. The van der Waals surface area contributed by atoms with Crippen molar-refractivity contribution in [2.75, 3.05) is 0 Å². The molecule has 0 aliphatic heterocycles. The number of amides is 2. The molecule has 0 atom stereocenters. The molecule has 1 heterocycles. The second kappa shape index (κ2) is 7.28. The lowest BCUT2D eigenvalue weighted by atomic mass is 9.91. The van der Waals surface area contributed by atoms with Crippen LogP contribution in [0.1, 0.15) is 27.6 Å². The van der Waals surface area contributed by atoms with Crippen molar-refractivity contribution in [2.45, 2.75) is 5.92 Å². The molecule has 0 bridgehead atoms. The Morgan fingerprint density at radius 2 is 1.33 bits per heavy atom. The van der Waals surface area contributed by atoms with E-state index in [0.29, 0.717) is 0 Å². The summed E-state index contributed by atoms with van der Waals surface area (Å²) in [7, 11) is 0. The summed E-state index contributed by atoms with van der Waals surface area (Å²) in [5.41, 5.74) is 6.52. The standard InChI is InChI=1S/C19H16N2O3/c22-18(16-12-7-13-24-16)20-21-19(23)17(14-8-3-1-4-9-14)15-10-5-2-6-11-15/h1-13,17H,(H,20,22)(H,21,23). The van der Waals surface area contributed by atoms with Gasteiger partial charge in [-0.25, -0.2) is 0 Å². The summed E-state index contributed by atoms with van der Waals surface area (Å²) in [5.74, 6) is -1.23. The molecule has 0 radical (unpaired) electrons. The van der Waals surface area contributed by atoms with E-state index >= 15 is 0 Å². The normalized spacial score (nSPS) is 10.4. The summed E-state index contributed by atoms with van der Waals surface area (Å²) in [4.78, 5) is 24.5. The van der Waals surface area contributed by atoms with Gasteiger partial charge in [-0.15, -0.1) is 0 Å². The van der Waals surface area contributed by atoms with Crippen molar-refractivity contribution in [2.24, 2.45) is 0 Å². The van der Waals surface area contributed by atoms with Crippen LogP contribution in [0.3, 0.4) is 0 Å². The van der Waals surface area contributed by atoms with Crippen LogP contribution in [0, 0.1) is 0 Å². The number of rotatable bonds is 4. The number of hydrazine groups is 1. The molecule has 2 N–H and O–H groups in total. The fourth-order valence-corrected chi connectivity index (χ4v) is 2.45. The summed E-state index contributed by atoms with van der Waals surface area (Å²) in [6, 6.07) is 21.9. The molecule has 120 valence electrons. The highest BCUT2D eigenvalue weighted by Crippen LogP contribution is 2.24. The van der Waals surface area contributed by atoms with E-state index in [1.807, 2.05) is 60.7 Å². The summed E-state index contributed by atoms with van der Waals surface area (Å²) in [6.45, 7) is 0. The van der Waals surface area contributed by atoms with Gasteiger partial charge < -0.3 is 4.42 Å². The minimum absolute atomic E-state index is 0.131. The lowest BCUT2D eigenvalue weighted by Gasteiger charge is -2.18. The van der Waals surface area contributed by atoms with E-state index in [2.05, 4.69) is 10.9 Å². The number of nitrogens with one attached hydrogen (secondary N) is 2. The first kappa shape index (κ1) is 15.6. The Hall–Kier alpha value is -3.34. The third kappa shape index (κ3) is 3.52. The second-order valence-electron chi connectivity index (χ2n) is 5.18. The van der Waals surface area contributed by atoms with E-state index in [9.17, 15) is 9.59 Å². The van der Waals surface area contributed by atoms with Crippen LogP contribution < -0.4 is 10.9 Å². The van der Waals surface area contributed by atoms with Gasteiger partial charge >= 0.3 is 5.91 Å². The first-order chi connectivity index (χ1) is 11.8. The molecule has 1 aromatic heterocycles. The van der Waals surface area contributed by atoms with E-state index in [-0.39, 0.29) is 11.7 Å². The van der Waals surface area contributed by atoms with E-state index in [1.165, 1.54) is 12.3 Å². The Balaban J connectivity index is 1.78. The second-order valence-corrected chi connectivity index (χ2v) is 5.18. The smallest absolute Gasteiger partial charge is 0.305 e. The maximum atomic E-state index is 12.7. The zero-order valence-corrected chi connectivity index (χ0v) is 12.8. The van der Waals surface area contributed by atoms with E-state index < -0.39 is 11.8 Å². The molecule has 0 unspecified atom stereocenters. The van der Waals surface area contributed by atoms with E-state index in [1.54, 1.807) is 6.07 Å². The van der Waals surface area contributed by atoms with Crippen molar-refractivity contribution in [1.82, 2.24) is 10.9 Å². The number of hydrogen-bond acceptors (Lipinski definition) is 3. The van der Waals surface area contributed by atoms with E-state index in [0.717, 1.165) is 11.1 Å². The van der Waals surface area contributed by atoms with Crippen molar-refractivity contribution < 1.29 is 14.0 Å². The molecule has 2 amide bonds. The molecule has 2 aromatic carbocycles. The van der Waals surface area contributed by atoms with Crippen LogP contribution in [0.5, 0.6) is 0 Å². The maximum Gasteiger partial charge on any atom is 0.305 e. The molecule has 5 nitrogen and oxygen atoms in total. The molecular weight excluding hydrogens is 304 g/mol. The quantitative estimate of drug-likeness (QED) is 0.726. The van der Waals surface area contributed by atoms with Crippen molar-refractivity contribution in [1.29, 1.82) is 0 Å². The third-order valence-electron chi connectivity index (χ3n) is 3.57. The first-order valence-corrected chi connectivity index (χ1v) is 7.49. The van der Waals surface area contributed by atoms with Gasteiger partial charge in [-0.2, -0.15) is 0 Å². The molecule has 3 aromatic rings. The van der Waals surface area contributed by atoms with Crippen molar-refractivity contribution in [3.05, 3.63) is 95.9 Å². The van der Waals surface area contributed by atoms with Crippen LogP contribution in [-0.2, 0) is 4.79 Å². The molecule has 0 aliphatic carbocycles. The molecule has 0 spiro atoms. The van der Waals surface area contributed by atoms with Gasteiger partial charge in [0, 0.05) is 0 Å². The third-order valence-corrected chi connectivity index (χ3v) is 3.57. The van der Waals surface area contributed by atoms with Crippen molar-refractivity contribution in [3.8, 4) is 0 Å². The zero-order chi connectivity index (χ0) is 16.8. The minimum atomic E-state index is -0.524. The summed E-state index contributed by atoms with van der Waals surface area (Å²) in [6.07, 6.45) is 1.40. The van der Waals surface area contributed by atoms with Gasteiger partial charge in [0.2, 0.25) is 5.91 Å². The van der Waals surface area contributed by atoms with Crippen molar-refractivity contribution >= 4 is 11.8 Å². The lowest BCUT2D eigenvalue weighted by molar-refractivity contribution is -0.122. The van der Waals surface area contributed by atoms with Crippen molar-refractivity contribution in [3.63, 3.8) is 0 Å². The number of furan rings is 1. The molecule has 3 rings (SSSR count). The van der Waals surface area contributed by atoms with Crippen LogP contribution in [0.2, 0.25) is 0 Å². The predicted molar refractivity (Wildman–Crippen MR) is 89.0 cm³/mol. The molecule has 0 aliphatic rings. The van der Waals surface area contributed by atoms with Gasteiger partial charge in [0.1, 0.15) is 0 Å². The van der Waals surface area contributed by atoms with Crippen LogP contribution in [-0.4, -0.2) is 11.8 Å². The number of benzene rings is 2. The summed E-state index contributed by atoms with van der Waals surface area (Å²) < 4.78 is 4.99. The average Bonchev–Trinajstić information content (AvgIpc) is 3.16. The maximum absolute atomic E-state index is 12.7. The average molecular weight is 320 g/mol. The molecule has 24 heavy (non-hydrogen) atoms. The monoisotopic (exact) mass is 320 g/mol. The highest BCUT2D eigenvalue weighted by Gasteiger charge is 2.23. The Morgan fingerprint density at radius 3 is 1.83 bits per heavy atom. The number of carbonyl (C=O) groups excluding carboxylic acids is 2. The number of hydrogen-bond donors (Lipinski definition) is 2. The highest BCUT2D eigenvalue weighted by molar-refractivity contribution is 5.94. The molecule has 0 fully saturated rings. The summed E-state index contributed by atoms with van der Waals surface area (Å²) in [5, 5.41) is 0. The van der Waals surface area contributed by atoms with Gasteiger partial charge in [-0.05, 0) is 23.3 Å². The first-order valence-electron chi connectivity index (χ1n) is 7.49. The fourth-order valence-electron chi connectivity index (χ4n) is 2.45. The van der Waals surface area contributed by atoms with Gasteiger partial charge in [0.15, 0.2) is 5.76 Å². The molecule has 0 saturated carbocycles. The van der Waals surface area contributed by atoms with Gasteiger partial charge in [0.25, 0.3) is 0 Å². The van der Waals surface area contributed by atoms with Crippen LogP contribution in [0.25, 0.3) is 0 Å². The van der Waals surface area contributed by atoms with Gasteiger partial charge in [-0.1, -0.05) is 60.7 Å². The Bertz CT molecular complexity index is 760. The zero-order valence-electron chi connectivity index (χ0n) is 12.8. The predicted octanol–water partition coefficient (Wildman–Crippen LogP) is 2.87. The van der Waals surface area contributed by atoms with E-state index in [4.69, 9.17) is 4.42 Å². The SMILES string of the molecule is O=C(NNC(=O)C(c1ccccc1)c1ccccc1)c1ccco1. The molecular formula is C19H16N2O3. The van der Waals surface area contributed by atoms with Gasteiger partial charge in [-0.3, -0.25) is 20.4 Å².